The molecule has 1 aromatic rings. The molecule has 3 heteroatoms. The molecule has 0 spiro atoms. The fraction of sp³-hybridized carbons (Fsp3) is 0.824. The summed E-state index contributed by atoms with van der Waals surface area (Å²) in [5.41, 5.74) is 3.95. The summed E-state index contributed by atoms with van der Waals surface area (Å²) in [5, 5.41) is 7.55. The van der Waals surface area contributed by atoms with Crippen LogP contribution >= 0.6 is 0 Å². The summed E-state index contributed by atoms with van der Waals surface area (Å²) < 4.78 is 0. The van der Waals surface area contributed by atoms with Gasteiger partial charge in [0.1, 0.15) is 0 Å². The summed E-state index contributed by atoms with van der Waals surface area (Å²) in [4.78, 5) is 2.71. The summed E-state index contributed by atoms with van der Waals surface area (Å²) in [5.74, 6) is 1.04. The van der Waals surface area contributed by atoms with E-state index in [1.165, 1.54) is 81.4 Å². The molecule has 1 atom stereocenters. The fourth-order valence-electron chi connectivity index (χ4n) is 4.35. The largest absolute Gasteiger partial charge is 0.296 e. The maximum Gasteiger partial charge on any atom is 0.0641 e. The Morgan fingerprint density at radius 3 is 2.65 bits per heavy atom. The van der Waals surface area contributed by atoms with E-state index in [0.717, 1.165) is 5.92 Å². The molecule has 1 saturated carbocycles. The first-order chi connectivity index (χ1) is 9.75. The molecule has 1 aliphatic carbocycles. The average molecular weight is 275 g/mol. The third-order valence-corrected chi connectivity index (χ3v) is 5.41. The molecule has 1 aliphatic heterocycles. The van der Waals surface area contributed by atoms with Crippen molar-refractivity contribution in [2.75, 3.05) is 13.1 Å². The Morgan fingerprint density at radius 2 is 1.95 bits per heavy atom. The van der Waals surface area contributed by atoms with Gasteiger partial charge in [-0.15, -0.1) is 0 Å². The van der Waals surface area contributed by atoms with Gasteiger partial charge in [-0.05, 0) is 58.5 Å². The summed E-state index contributed by atoms with van der Waals surface area (Å²) in [6.07, 6.45) is 11.4. The predicted octanol–water partition coefficient (Wildman–Crippen LogP) is 4.13. The van der Waals surface area contributed by atoms with Crippen molar-refractivity contribution < 1.29 is 0 Å². The second-order valence-corrected chi connectivity index (χ2v) is 6.83. The smallest absolute Gasteiger partial charge is 0.0641 e. The highest BCUT2D eigenvalue weighted by Crippen LogP contribution is 2.35. The monoisotopic (exact) mass is 275 g/mol. The maximum atomic E-state index is 4.39. The van der Waals surface area contributed by atoms with Gasteiger partial charge in [-0.1, -0.05) is 25.7 Å². The number of aryl methyl sites for hydroxylation is 2. The second kappa shape index (κ2) is 6.30. The van der Waals surface area contributed by atoms with E-state index >= 15 is 0 Å². The number of hydrogen-bond acceptors (Lipinski definition) is 2. The van der Waals surface area contributed by atoms with Crippen LogP contribution in [0.2, 0.25) is 0 Å². The molecule has 1 aromatic heterocycles. The lowest BCUT2D eigenvalue weighted by molar-refractivity contribution is 0.244. The Kier molecular flexibility index (Phi) is 4.45. The molecule has 2 heterocycles. The van der Waals surface area contributed by atoms with Crippen LogP contribution in [0.3, 0.4) is 0 Å². The number of aromatic amines is 1. The van der Waals surface area contributed by atoms with Crippen LogP contribution in [-0.4, -0.2) is 28.2 Å². The normalized spacial score (nSPS) is 24.8. The van der Waals surface area contributed by atoms with Gasteiger partial charge in [-0.25, -0.2) is 0 Å². The zero-order valence-electron chi connectivity index (χ0n) is 13.1. The molecule has 0 bridgehead atoms. The summed E-state index contributed by atoms with van der Waals surface area (Å²) in [6, 6.07) is 0.623. The van der Waals surface area contributed by atoms with Gasteiger partial charge in [0, 0.05) is 17.3 Å². The number of rotatable bonds is 5. The van der Waals surface area contributed by atoms with E-state index in [0.29, 0.717) is 6.04 Å². The van der Waals surface area contributed by atoms with Crippen LogP contribution in [0.5, 0.6) is 0 Å². The van der Waals surface area contributed by atoms with Gasteiger partial charge in [0.05, 0.1) is 5.69 Å². The van der Waals surface area contributed by atoms with E-state index in [1.807, 2.05) is 0 Å². The van der Waals surface area contributed by atoms with Crippen molar-refractivity contribution in [3.05, 3.63) is 17.0 Å². The van der Waals surface area contributed by atoms with E-state index in [9.17, 15) is 0 Å². The third-order valence-electron chi connectivity index (χ3n) is 5.41. The van der Waals surface area contributed by atoms with E-state index in [2.05, 4.69) is 28.9 Å². The zero-order chi connectivity index (χ0) is 13.9. The molecule has 3 rings (SSSR count). The van der Waals surface area contributed by atoms with Crippen molar-refractivity contribution in [3.8, 4) is 0 Å². The SMILES string of the molecule is Cc1n[nH]c(C)c1[C@@H]1CCCN1CCCC1CCCC1. The minimum Gasteiger partial charge on any atom is -0.296 e. The van der Waals surface area contributed by atoms with E-state index < -0.39 is 0 Å². The first-order valence-corrected chi connectivity index (χ1v) is 8.51. The van der Waals surface area contributed by atoms with E-state index in [-0.39, 0.29) is 0 Å². The Balaban J connectivity index is 1.55. The molecule has 1 N–H and O–H groups in total. The molecular formula is C17H29N3. The number of nitrogens with zero attached hydrogens (tertiary/aromatic N) is 2. The molecule has 0 amide bonds. The van der Waals surface area contributed by atoms with Crippen LogP contribution in [0.4, 0.5) is 0 Å². The minimum atomic E-state index is 0.623. The number of likely N-dealkylation sites (tertiary alicyclic amines) is 1. The van der Waals surface area contributed by atoms with Crippen LogP contribution in [0.25, 0.3) is 0 Å². The maximum absolute atomic E-state index is 4.39. The molecule has 2 fully saturated rings. The highest BCUT2D eigenvalue weighted by Gasteiger charge is 2.29. The summed E-state index contributed by atoms with van der Waals surface area (Å²) in [6.45, 7) is 6.88. The lowest BCUT2D eigenvalue weighted by atomic mass is 10.00. The topological polar surface area (TPSA) is 31.9 Å². The average Bonchev–Trinajstić information content (AvgIpc) is 3.13. The number of nitrogens with one attached hydrogen (secondary N) is 1. The fourth-order valence-corrected chi connectivity index (χ4v) is 4.35. The first kappa shape index (κ1) is 14.1. The van der Waals surface area contributed by atoms with Crippen molar-refractivity contribution in [1.29, 1.82) is 0 Å². The molecule has 0 radical (unpaired) electrons. The van der Waals surface area contributed by atoms with Crippen LogP contribution in [0, 0.1) is 19.8 Å². The van der Waals surface area contributed by atoms with Gasteiger partial charge in [0.15, 0.2) is 0 Å². The number of H-pyrrole nitrogens is 1. The minimum absolute atomic E-state index is 0.623. The van der Waals surface area contributed by atoms with Crippen LogP contribution < -0.4 is 0 Å². The highest BCUT2D eigenvalue weighted by atomic mass is 15.2. The molecule has 20 heavy (non-hydrogen) atoms. The van der Waals surface area contributed by atoms with Crippen molar-refractivity contribution in [2.45, 2.75) is 71.3 Å². The lowest BCUT2D eigenvalue weighted by Crippen LogP contribution is -2.25. The van der Waals surface area contributed by atoms with Crippen LogP contribution in [-0.2, 0) is 0 Å². The van der Waals surface area contributed by atoms with Crippen molar-refractivity contribution in [3.63, 3.8) is 0 Å². The molecular weight excluding hydrogens is 246 g/mol. The Hall–Kier alpha value is -0.830. The summed E-state index contributed by atoms with van der Waals surface area (Å²) in [7, 11) is 0. The van der Waals surface area contributed by atoms with Gasteiger partial charge in [-0.2, -0.15) is 5.10 Å². The molecule has 2 aliphatic rings. The van der Waals surface area contributed by atoms with Gasteiger partial charge >= 0.3 is 0 Å². The van der Waals surface area contributed by atoms with Gasteiger partial charge in [0.2, 0.25) is 0 Å². The van der Waals surface area contributed by atoms with Crippen molar-refractivity contribution in [2.24, 2.45) is 5.92 Å². The van der Waals surface area contributed by atoms with Crippen LogP contribution in [0.15, 0.2) is 0 Å². The van der Waals surface area contributed by atoms with Crippen molar-refractivity contribution in [1.82, 2.24) is 15.1 Å². The first-order valence-electron chi connectivity index (χ1n) is 8.51. The predicted molar refractivity (Wildman–Crippen MR) is 82.8 cm³/mol. The Bertz CT molecular complexity index is 412. The second-order valence-electron chi connectivity index (χ2n) is 6.83. The van der Waals surface area contributed by atoms with Gasteiger partial charge in [0.25, 0.3) is 0 Å². The molecule has 0 aromatic carbocycles. The quantitative estimate of drug-likeness (QED) is 0.876. The molecule has 1 saturated heterocycles. The Morgan fingerprint density at radius 1 is 1.15 bits per heavy atom. The van der Waals surface area contributed by atoms with Crippen molar-refractivity contribution >= 4 is 0 Å². The standard InChI is InChI=1S/C17H29N3/c1-13-17(14(2)19-18-13)16-10-6-12-20(16)11-5-9-15-7-3-4-8-15/h15-16H,3-12H2,1-2H3,(H,18,19)/t16-/m0/s1. The third kappa shape index (κ3) is 2.93. The van der Waals surface area contributed by atoms with Crippen LogP contribution in [0.1, 0.15) is 74.4 Å². The molecule has 0 unspecified atom stereocenters. The summed E-state index contributed by atoms with van der Waals surface area (Å²) >= 11 is 0. The number of aromatic nitrogens is 2. The lowest BCUT2D eigenvalue weighted by Gasteiger charge is -2.25. The highest BCUT2D eigenvalue weighted by molar-refractivity contribution is 5.28. The Labute approximate surface area is 123 Å². The zero-order valence-corrected chi connectivity index (χ0v) is 13.1. The van der Waals surface area contributed by atoms with Gasteiger partial charge < -0.3 is 0 Å². The number of hydrogen-bond donors (Lipinski definition) is 1. The van der Waals surface area contributed by atoms with E-state index in [4.69, 9.17) is 0 Å². The molecule has 3 nitrogen and oxygen atoms in total. The molecule has 112 valence electrons. The van der Waals surface area contributed by atoms with E-state index in [1.54, 1.807) is 0 Å². The van der Waals surface area contributed by atoms with Gasteiger partial charge in [-0.3, -0.25) is 10.00 Å².